The van der Waals surface area contributed by atoms with Gasteiger partial charge in [-0.15, -0.1) is 11.3 Å². The molecule has 2 N–H and O–H groups in total. The number of rotatable bonds is 1. The zero-order valence-electron chi connectivity index (χ0n) is 10.5. The predicted molar refractivity (Wildman–Crippen MR) is 65.5 cm³/mol. The molecule has 1 heterocycles. The van der Waals surface area contributed by atoms with Gasteiger partial charge < -0.3 is 5.73 Å². The van der Waals surface area contributed by atoms with Crippen molar-refractivity contribution >= 4 is 11.3 Å². The zero-order valence-corrected chi connectivity index (χ0v) is 11.3. The van der Waals surface area contributed by atoms with Crippen molar-refractivity contribution < 1.29 is 13.2 Å². The van der Waals surface area contributed by atoms with E-state index in [4.69, 9.17) is 5.73 Å². The number of hydrogen-bond acceptors (Lipinski definition) is 3. The van der Waals surface area contributed by atoms with E-state index in [1.54, 1.807) is 0 Å². The molecule has 0 amide bonds. The minimum Gasteiger partial charge on any atom is -0.319 e. The molecule has 18 heavy (non-hydrogen) atoms. The fourth-order valence-corrected chi connectivity index (χ4v) is 3.43. The van der Waals surface area contributed by atoms with Crippen LogP contribution >= 0.6 is 11.3 Å². The number of hydrogen-bond donors (Lipinski definition) is 1. The van der Waals surface area contributed by atoms with Gasteiger partial charge in [-0.25, -0.2) is 4.98 Å². The quantitative estimate of drug-likeness (QED) is 0.851. The third-order valence-electron chi connectivity index (χ3n) is 3.80. The summed E-state index contributed by atoms with van der Waals surface area (Å²) in [6, 6.07) is 0. The first kappa shape index (κ1) is 13.8. The average Bonchev–Trinajstić information content (AvgIpc) is 2.59. The number of aryl methyl sites for hydroxylation is 2. The number of halogens is 3. The van der Waals surface area contributed by atoms with Crippen LogP contribution in [0.3, 0.4) is 0 Å². The van der Waals surface area contributed by atoms with E-state index < -0.39 is 17.6 Å². The Labute approximate surface area is 108 Å². The molecule has 0 aromatic carbocycles. The van der Waals surface area contributed by atoms with E-state index in [1.165, 1.54) is 11.3 Å². The number of nitrogens with zero attached hydrogens (tertiary/aromatic N) is 1. The van der Waals surface area contributed by atoms with Crippen LogP contribution in [0.1, 0.15) is 41.3 Å². The van der Waals surface area contributed by atoms with E-state index in [2.05, 4.69) is 4.98 Å². The normalized spacial score (nSPS) is 29.6. The topological polar surface area (TPSA) is 38.9 Å². The van der Waals surface area contributed by atoms with Crippen molar-refractivity contribution in [1.29, 1.82) is 0 Å². The van der Waals surface area contributed by atoms with Crippen LogP contribution in [0.5, 0.6) is 0 Å². The molecule has 0 radical (unpaired) electrons. The molecular weight excluding hydrogens is 261 g/mol. The highest BCUT2D eigenvalue weighted by atomic mass is 32.1. The van der Waals surface area contributed by atoms with Crippen LogP contribution in [-0.2, 0) is 5.54 Å². The minimum absolute atomic E-state index is 0.109. The van der Waals surface area contributed by atoms with Gasteiger partial charge in [-0.2, -0.15) is 13.2 Å². The molecule has 102 valence electrons. The largest absolute Gasteiger partial charge is 0.391 e. The second-order valence-electron chi connectivity index (χ2n) is 5.13. The van der Waals surface area contributed by atoms with Crippen LogP contribution in [0, 0.1) is 19.8 Å². The smallest absolute Gasteiger partial charge is 0.319 e. The van der Waals surface area contributed by atoms with Gasteiger partial charge in [0, 0.05) is 4.88 Å². The van der Waals surface area contributed by atoms with Crippen LogP contribution in [0.15, 0.2) is 0 Å². The molecule has 1 aliphatic carbocycles. The van der Waals surface area contributed by atoms with Crippen molar-refractivity contribution in [3.05, 3.63) is 15.6 Å². The summed E-state index contributed by atoms with van der Waals surface area (Å²) in [5, 5.41) is 0.790. The van der Waals surface area contributed by atoms with E-state index in [9.17, 15) is 13.2 Å². The van der Waals surface area contributed by atoms with Crippen molar-refractivity contribution in [1.82, 2.24) is 4.98 Å². The Bertz CT molecular complexity index is 412. The molecular formula is C12H17F3N2S. The lowest BCUT2D eigenvalue weighted by Crippen LogP contribution is -2.43. The molecule has 2 rings (SSSR count). The first-order valence-electron chi connectivity index (χ1n) is 6.02. The molecule has 1 aromatic rings. The summed E-state index contributed by atoms with van der Waals surface area (Å²) in [5.41, 5.74) is 6.52. The molecule has 0 unspecified atom stereocenters. The summed E-state index contributed by atoms with van der Waals surface area (Å²) in [4.78, 5) is 5.50. The highest BCUT2D eigenvalue weighted by Gasteiger charge is 2.46. The van der Waals surface area contributed by atoms with Gasteiger partial charge in [0.25, 0.3) is 0 Å². The Balaban J connectivity index is 2.12. The Morgan fingerprint density at radius 1 is 1.28 bits per heavy atom. The van der Waals surface area contributed by atoms with Crippen molar-refractivity contribution in [3.8, 4) is 0 Å². The maximum atomic E-state index is 12.6. The van der Waals surface area contributed by atoms with Gasteiger partial charge in [0.15, 0.2) is 0 Å². The third kappa shape index (κ3) is 2.54. The molecule has 1 aliphatic rings. The number of aromatic nitrogens is 1. The summed E-state index contributed by atoms with van der Waals surface area (Å²) in [6.45, 7) is 3.86. The Morgan fingerprint density at radius 2 is 1.83 bits per heavy atom. The van der Waals surface area contributed by atoms with Crippen LogP contribution < -0.4 is 5.73 Å². The molecule has 0 saturated heterocycles. The monoisotopic (exact) mass is 278 g/mol. The molecule has 0 spiro atoms. The molecule has 0 bridgehead atoms. The van der Waals surface area contributed by atoms with Gasteiger partial charge in [0.2, 0.25) is 0 Å². The van der Waals surface area contributed by atoms with Crippen LogP contribution in [0.4, 0.5) is 13.2 Å². The predicted octanol–water partition coefficient (Wildman–Crippen LogP) is 3.67. The van der Waals surface area contributed by atoms with Crippen molar-refractivity contribution in [2.75, 3.05) is 0 Å². The summed E-state index contributed by atoms with van der Waals surface area (Å²) in [6.07, 6.45) is -3.14. The summed E-state index contributed by atoms with van der Waals surface area (Å²) >= 11 is 1.51. The molecule has 1 aromatic heterocycles. The Morgan fingerprint density at radius 3 is 2.22 bits per heavy atom. The van der Waals surface area contributed by atoms with Crippen LogP contribution in [0.2, 0.25) is 0 Å². The summed E-state index contributed by atoms with van der Waals surface area (Å²) < 4.78 is 37.8. The zero-order chi connectivity index (χ0) is 13.6. The van der Waals surface area contributed by atoms with Gasteiger partial charge in [-0.3, -0.25) is 0 Å². The molecule has 1 fully saturated rings. The third-order valence-corrected chi connectivity index (χ3v) is 5.09. The Hall–Kier alpha value is -0.620. The van der Waals surface area contributed by atoms with E-state index in [0.717, 1.165) is 15.6 Å². The minimum atomic E-state index is -4.09. The molecule has 1 saturated carbocycles. The van der Waals surface area contributed by atoms with Gasteiger partial charge in [-0.1, -0.05) is 0 Å². The van der Waals surface area contributed by atoms with Crippen molar-refractivity contribution in [2.45, 2.75) is 51.2 Å². The van der Waals surface area contributed by atoms with E-state index in [-0.39, 0.29) is 12.8 Å². The lowest BCUT2D eigenvalue weighted by atomic mass is 9.77. The van der Waals surface area contributed by atoms with E-state index >= 15 is 0 Å². The maximum absolute atomic E-state index is 12.6. The highest BCUT2D eigenvalue weighted by molar-refractivity contribution is 7.11. The second-order valence-corrected chi connectivity index (χ2v) is 6.34. The van der Waals surface area contributed by atoms with Crippen LogP contribution in [0.25, 0.3) is 0 Å². The highest BCUT2D eigenvalue weighted by Crippen LogP contribution is 2.44. The molecule has 0 atom stereocenters. The lowest BCUT2D eigenvalue weighted by Gasteiger charge is -2.36. The Kier molecular flexibility index (Phi) is 3.44. The molecule has 2 nitrogen and oxygen atoms in total. The fourth-order valence-electron chi connectivity index (χ4n) is 2.36. The average molecular weight is 278 g/mol. The van der Waals surface area contributed by atoms with Gasteiger partial charge in [0.1, 0.15) is 5.01 Å². The van der Waals surface area contributed by atoms with E-state index in [0.29, 0.717) is 12.8 Å². The lowest BCUT2D eigenvalue weighted by molar-refractivity contribution is -0.184. The summed E-state index contributed by atoms with van der Waals surface area (Å²) in [5.74, 6) is -1.20. The SMILES string of the molecule is Cc1nc(C2(N)CCC(C(F)(F)F)CC2)sc1C. The second kappa shape index (κ2) is 4.49. The maximum Gasteiger partial charge on any atom is 0.391 e. The van der Waals surface area contributed by atoms with Gasteiger partial charge >= 0.3 is 6.18 Å². The number of nitrogens with two attached hydrogens (primary N) is 1. The van der Waals surface area contributed by atoms with Crippen molar-refractivity contribution in [3.63, 3.8) is 0 Å². The molecule has 6 heteroatoms. The first-order chi connectivity index (χ1) is 8.22. The molecule has 0 aliphatic heterocycles. The van der Waals surface area contributed by atoms with Crippen molar-refractivity contribution in [2.24, 2.45) is 11.7 Å². The fraction of sp³-hybridized carbons (Fsp3) is 0.750. The van der Waals surface area contributed by atoms with Gasteiger partial charge in [0.05, 0.1) is 17.2 Å². The van der Waals surface area contributed by atoms with Gasteiger partial charge in [-0.05, 0) is 39.5 Å². The number of alkyl halides is 3. The first-order valence-corrected chi connectivity index (χ1v) is 6.84. The van der Waals surface area contributed by atoms with E-state index in [1.807, 2.05) is 13.8 Å². The number of thiazole rings is 1. The van der Waals surface area contributed by atoms with Crippen LogP contribution in [-0.4, -0.2) is 11.2 Å². The standard InChI is InChI=1S/C12H17F3N2S/c1-7-8(2)18-10(17-7)11(16)5-3-9(4-6-11)12(13,14)15/h9H,3-6,16H2,1-2H3. The summed E-state index contributed by atoms with van der Waals surface area (Å²) in [7, 11) is 0.